The lowest BCUT2D eigenvalue weighted by molar-refractivity contribution is -0.139. The molecular formula is C8H13N3O2S. The van der Waals surface area contributed by atoms with Crippen LogP contribution in [0.3, 0.4) is 0 Å². The first-order chi connectivity index (χ1) is 6.61. The summed E-state index contributed by atoms with van der Waals surface area (Å²) in [6.45, 7) is 2.24. The zero-order chi connectivity index (χ0) is 11.0. The molecule has 0 saturated heterocycles. The third-order valence-corrected chi connectivity index (χ3v) is 2.46. The van der Waals surface area contributed by atoms with Gasteiger partial charge < -0.3 is 10.6 Å². The smallest absolute Gasteiger partial charge is 0.310 e. The van der Waals surface area contributed by atoms with Crippen molar-refractivity contribution in [2.45, 2.75) is 12.2 Å². The topological polar surface area (TPSA) is 82.0 Å². The molecule has 2 N–H and O–H groups in total. The second-order valence-electron chi connectivity index (χ2n) is 2.60. The van der Waals surface area contributed by atoms with E-state index in [2.05, 4.69) is 10.6 Å². The van der Waals surface area contributed by atoms with E-state index in [4.69, 9.17) is 5.26 Å². The maximum absolute atomic E-state index is 11.0. The second kappa shape index (κ2) is 7.21. The van der Waals surface area contributed by atoms with E-state index in [-0.39, 0.29) is 11.8 Å². The van der Waals surface area contributed by atoms with Crippen LogP contribution in [0.25, 0.3) is 0 Å². The minimum Gasteiger partial charge on any atom is -0.347 e. The predicted octanol–water partition coefficient (Wildman–Crippen LogP) is -0.506. The molecule has 6 heteroatoms. The summed E-state index contributed by atoms with van der Waals surface area (Å²) >= 11 is 1.60. The Morgan fingerprint density at radius 2 is 2.00 bits per heavy atom. The fraction of sp³-hybridized carbons (Fsp3) is 0.625. The Morgan fingerprint density at radius 3 is 2.50 bits per heavy atom. The van der Waals surface area contributed by atoms with Crippen molar-refractivity contribution >= 4 is 23.6 Å². The molecule has 0 spiro atoms. The summed E-state index contributed by atoms with van der Waals surface area (Å²) in [5.41, 5.74) is 0. The summed E-state index contributed by atoms with van der Waals surface area (Å²) in [4.78, 5) is 21.9. The van der Waals surface area contributed by atoms with E-state index < -0.39 is 11.8 Å². The van der Waals surface area contributed by atoms with Crippen molar-refractivity contribution in [1.29, 1.82) is 5.26 Å². The SMILES string of the molecule is CSC(C)CNC(=O)C(=O)NCC#N. The van der Waals surface area contributed by atoms with Gasteiger partial charge in [0.15, 0.2) is 0 Å². The van der Waals surface area contributed by atoms with Gasteiger partial charge in [0, 0.05) is 11.8 Å². The second-order valence-corrected chi connectivity index (χ2v) is 3.87. The van der Waals surface area contributed by atoms with Gasteiger partial charge in [-0.25, -0.2) is 0 Å². The molecule has 0 aromatic rings. The molecule has 0 fully saturated rings. The van der Waals surface area contributed by atoms with Crippen LogP contribution in [0.5, 0.6) is 0 Å². The molecule has 0 aliphatic rings. The maximum atomic E-state index is 11.0. The standard InChI is InChI=1S/C8H13N3O2S/c1-6(14-2)5-11-8(13)7(12)10-4-3-9/h6H,4-5H2,1-2H3,(H,10,12)(H,11,13). The van der Waals surface area contributed by atoms with Crippen LogP contribution in [0.15, 0.2) is 0 Å². The van der Waals surface area contributed by atoms with E-state index in [0.29, 0.717) is 6.54 Å². The van der Waals surface area contributed by atoms with E-state index in [0.717, 1.165) is 0 Å². The summed E-state index contributed by atoms with van der Waals surface area (Å²) in [6.07, 6.45) is 1.92. The van der Waals surface area contributed by atoms with Gasteiger partial charge in [0.25, 0.3) is 0 Å². The monoisotopic (exact) mass is 215 g/mol. The highest BCUT2D eigenvalue weighted by Crippen LogP contribution is 2.01. The molecule has 0 aliphatic heterocycles. The van der Waals surface area contributed by atoms with Gasteiger partial charge in [-0.2, -0.15) is 17.0 Å². The number of hydrogen-bond donors (Lipinski definition) is 2. The number of hydrogen-bond acceptors (Lipinski definition) is 4. The quantitative estimate of drug-likeness (QED) is 0.489. The molecule has 0 heterocycles. The van der Waals surface area contributed by atoms with Crippen molar-refractivity contribution in [3.05, 3.63) is 0 Å². The number of amides is 2. The number of thioether (sulfide) groups is 1. The van der Waals surface area contributed by atoms with Gasteiger partial charge >= 0.3 is 11.8 Å². The molecule has 1 atom stereocenters. The Bertz CT molecular complexity index is 249. The number of nitrogens with one attached hydrogen (secondary N) is 2. The lowest BCUT2D eigenvalue weighted by atomic mass is 10.4. The average Bonchev–Trinajstić information content (AvgIpc) is 2.21. The lowest BCUT2D eigenvalue weighted by Crippen LogP contribution is -2.41. The van der Waals surface area contributed by atoms with Gasteiger partial charge in [-0.3, -0.25) is 9.59 Å². The Hall–Kier alpha value is -1.22. The van der Waals surface area contributed by atoms with Crippen LogP contribution in [0.2, 0.25) is 0 Å². The van der Waals surface area contributed by atoms with Crippen molar-refractivity contribution < 1.29 is 9.59 Å². The van der Waals surface area contributed by atoms with Gasteiger partial charge in [0.1, 0.15) is 6.54 Å². The molecule has 1 unspecified atom stereocenters. The maximum Gasteiger partial charge on any atom is 0.310 e. The van der Waals surface area contributed by atoms with Gasteiger partial charge in [-0.05, 0) is 6.26 Å². The molecule has 78 valence electrons. The van der Waals surface area contributed by atoms with Crippen molar-refractivity contribution in [2.24, 2.45) is 0 Å². The normalized spacial score (nSPS) is 11.2. The van der Waals surface area contributed by atoms with Crippen LogP contribution >= 0.6 is 11.8 Å². The van der Waals surface area contributed by atoms with Gasteiger partial charge in [0.2, 0.25) is 0 Å². The Labute approximate surface area is 87.2 Å². The molecule has 0 bridgehead atoms. The summed E-state index contributed by atoms with van der Waals surface area (Å²) in [5.74, 6) is -1.46. The number of nitriles is 1. The molecule has 0 aromatic heterocycles. The van der Waals surface area contributed by atoms with Crippen LogP contribution in [0, 0.1) is 11.3 Å². The molecule has 5 nitrogen and oxygen atoms in total. The van der Waals surface area contributed by atoms with Crippen LogP contribution in [0.4, 0.5) is 0 Å². The zero-order valence-electron chi connectivity index (χ0n) is 8.16. The summed E-state index contributed by atoms with van der Waals surface area (Å²) < 4.78 is 0. The minimum atomic E-state index is -0.764. The predicted molar refractivity (Wildman–Crippen MR) is 54.6 cm³/mol. The third kappa shape index (κ3) is 5.43. The summed E-state index contributed by atoms with van der Waals surface area (Å²) in [7, 11) is 0. The van der Waals surface area contributed by atoms with E-state index in [9.17, 15) is 9.59 Å². The molecule has 0 saturated carbocycles. The van der Waals surface area contributed by atoms with Gasteiger partial charge in [-0.1, -0.05) is 6.92 Å². The Morgan fingerprint density at radius 1 is 1.43 bits per heavy atom. The highest BCUT2D eigenvalue weighted by atomic mass is 32.2. The highest BCUT2D eigenvalue weighted by Gasteiger charge is 2.12. The Kier molecular flexibility index (Phi) is 6.58. The largest absolute Gasteiger partial charge is 0.347 e. The first-order valence-electron chi connectivity index (χ1n) is 4.07. The van der Waals surface area contributed by atoms with Crippen LogP contribution in [0.1, 0.15) is 6.92 Å². The molecule has 0 aromatic carbocycles. The number of carbonyl (C=O) groups excluding carboxylic acids is 2. The number of carbonyl (C=O) groups is 2. The number of rotatable bonds is 4. The highest BCUT2D eigenvalue weighted by molar-refractivity contribution is 7.99. The third-order valence-electron chi connectivity index (χ3n) is 1.49. The molecule has 2 amide bonds. The van der Waals surface area contributed by atoms with E-state index in [1.54, 1.807) is 17.8 Å². The van der Waals surface area contributed by atoms with Crippen LogP contribution < -0.4 is 10.6 Å². The molecule has 14 heavy (non-hydrogen) atoms. The summed E-state index contributed by atoms with van der Waals surface area (Å²) in [5, 5.41) is 13.0. The van der Waals surface area contributed by atoms with Crippen molar-refractivity contribution in [1.82, 2.24) is 10.6 Å². The van der Waals surface area contributed by atoms with Crippen molar-refractivity contribution in [3.8, 4) is 6.07 Å². The fourth-order valence-electron chi connectivity index (χ4n) is 0.600. The van der Waals surface area contributed by atoms with E-state index >= 15 is 0 Å². The van der Waals surface area contributed by atoms with Gasteiger partial charge in [-0.15, -0.1) is 0 Å². The fourth-order valence-corrected chi connectivity index (χ4v) is 0.850. The van der Waals surface area contributed by atoms with E-state index in [1.165, 1.54) is 0 Å². The number of nitrogens with zero attached hydrogens (tertiary/aromatic N) is 1. The minimum absolute atomic E-state index is 0.148. The Balaban J connectivity index is 3.74. The molecular weight excluding hydrogens is 202 g/mol. The van der Waals surface area contributed by atoms with Crippen molar-refractivity contribution in [2.75, 3.05) is 19.3 Å². The van der Waals surface area contributed by atoms with Crippen LogP contribution in [-0.2, 0) is 9.59 Å². The van der Waals surface area contributed by atoms with Crippen molar-refractivity contribution in [3.63, 3.8) is 0 Å². The molecule has 0 aliphatic carbocycles. The molecule has 0 rings (SSSR count). The first-order valence-corrected chi connectivity index (χ1v) is 5.36. The van der Waals surface area contributed by atoms with Gasteiger partial charge in [0.05, 0.1) is 6.07 Å². The van der Waals surface area contributed by atoms with E-state index in [1.807, 2.05) is 13.2 Å². The summed E-state index contributed by atoms with van der Waals surface area (Å²) in [6, 6.07) is 1.71. The molecule has 0 radical (unpaired) electrons. The van der Waals surface area contributed by atoms with Crippen LogP contribution in [-0.4, -0.2) is 36.4 Å². The average molecular weight is 215 g/mol. The first kappa shape index (κ1) is 12.8. The lowest BCUT2D eigenvalue weighted by Gasteiger charge is -2.08. The zero-order valence-corrected chi connectivity index (χ0v) is 8.98.